The van der Waals surface area contributed by atoms with E-state index in [9.17, 15) is 9.59 Å². The van der Waals surface area contributed by atoms with Gasteiger partial charge in [-0.3, -0.25) is 9.59 Å². The summed E-state index contributed by atoms with van der Waals surface area (Å²) in [5, 5.41) is 2.85. The highest BCUT2D eigenvalue weighted by molar-refractivity contribution is 6.06. The molecule has 1 N–H and O–H groups in total. The molecule has 1 saturated heterocycles. The van der Waals surface area contributed by atoms with Gasteiger partial charge < -0.3 is 19.7 Å². The molecule has 0 saturated carbocycles. The molecule has 1 unspecified atom stereocenters. The quantitative estimate of drug-likeness (QED) is 0.788. The van der Waals surface area contributed by atoms with Gasteiger partial charge in [0.15, 0.2) is 0 Å². The largest absolute Gasteiger partial charge is 0.497 e. The normalized spacial score (nSPS) is 16.2. The summed E-state index contributed by atoms with van der Waals surface area (Å²) in [4.78, 5) is 27.8. The van der Waals surface area contributed by atoms with Crippen LogP contribution < -0.4 is 14.8 Å². The van der Waals surface area contributed by atoms with Gasteiger partial charge in [0.2, 0.25) is 0 Å². The molecule has 2 amide bonds. The first-order valence-corrected chi connectivity index (χ1v) is 10.0. The van der Waals surface area contributed by atoms with E-state index in [4.69, 9.17) is 9.47 Å². The number of amides is 2. The first kappa shape index (κ1) is 20.7. The van der Waals surface area contributed by atoms with Crippen molar-refractivity contribution < 1.29 is 19.1 Å². The fourth-order valence-electron chi connectivity index (χ4n) is 3.76. The molecule has 1 fully saturated rings. The van der Waals surface area contributed by atoms with Gasteiger partial charge in [0.1, 0.15) is 11.5 Å². The standard InChI is InChI=1S/C23H28N2O4/c1-4-18-10-5-6-13-25(18)23(27)17-9-7-8-16(14-17)22(26)24-20-15-19(28-2)11-12-21(20)29-3/h7-9,11-12,14-15,18H,4-6,10,13H2,1-3H3,(H,24,26). The maximum absolute atomic E-state index is 13.0. The lowest BCUT2D eigenvalue weighted by atomic mass is 9.98. The predicted molar refractivity (Wildman–Crippen MR) is 113 cm³/mol. The van der Waals surface area contributed by atoms with Gasteiger partial charge >= 0.3 is 0 Å². The van der Waals surface area contributed by atoms with Crippen LogP contribution in [-0.2, 0) is 0 Å². The Morgan fingerprint density at radius 1 is 1.07 bits per heavy atom. The molecule has 1 heterocycles. The Morgan fingerprint density at radius 2 is 1.86 bits per heavy atom. The Kier molecular flexibility index (Phi) is 6.75. The van der Waals surface area contributed by atoms with E-state index in [2.05, 4.69) is 12.2 Å². The molecule has 1 atom stereocenters. The third-order valence-electron chi connectivity index (χ3n) is 5.39. The van der Waals surface area contributed by atoms with Crippen LogP contribution in [0.4, 0.5) is 5.69 Å². The van der Waals surface area contributed by atoms with Crippen molar-refractivity contribution in [3.63, 3.8) is 0 Å². The van der Waals surface area contributed by atoms with Gasteiger partial charge in [0, 0.05) is 29.8 Å². The van der Waals surface area contributed by atoms with Gasteiger partial charge in [0.25, 0.3) is 11.8 Å². The zero-order valence-electron chi connectivity index (χ0n) is 17.2. The molecule has 6 nitrogen and oxygen atoms in total. The van der Waals surface area contributed by atoms with Crippen molar-refractivity contribution in [3.05, 3.63) is 53.6 Å². The molecule has 1 aliphatic heterocycles. The molecule has 1 aliphatic rings. The number of nitrogens with zero attached hydrogens (tertiary/aromatic N) is 1. The minimum atomic E-state index is -0.308. The van der Waals surface area contributed by atoms with Crippen LogP contribution in [0.2, 0.25) is 0 Å². The van der Waals surface area contributed by atoms with E-state index in [0.29, 0.717) is 28.3 Å². The second-order valence-electron chi connectivity index (χ2n) is 7.16. The number of carbonyl (C=O) groups is 2. The average molecular weight is 396 g/mol. The summed E-state index contributed by atoms with van der Waals surface area (Å²) < 4.78 is 10.5. The maximum Gasteiger partial charge on any atom is 0.255 e. The van der Waals surface area contributed by atoms with Gasteiger partial charge in [-0.05, 0) is 56.0 Å². The Labute approximate surface area is 171 Å². The topological polar surface area (TPSA) is 67.9 Å². The summed E-state index contributed by atoms with van der Waals surface area (Å²) >= 11 is 0. The molecule has 0 spiro atoms. The number of nitrogens with one attached hydrogen (secondary N) is 1. The summed E-state index contributed by atoms with van der Waals surface area (Å²) in [6.07, 6.45) is 4.17. The van der Waals surface area contributed by atoms with Crippen LogP contribution in [-0.4, -0.2) is 43.5 Å². The minimum Gasteiger partial charge on any atom is -0.497 e. The highest BCUT2D eigenvalue weighted by atomic mass is 16.5. The molecule has 2 aromatic rings. The first-order valence-electron chi connectivity index (χ1n) is 10.0. The zero-order chi connectivity index (χ0) is 20.8. The number of likely N-dealkylation sites (tertiary alicyclic amines) is 1. The number of anilines is 1. The summed E-state index contributed by atoms with van der Waals surface area (Å²) in [5.41, 5.74) is 1.47. The van der Waals surface area contributed by atoms with Crippen molar-refractivity contribution in [2.45, 2.75) is 38.6 Å². The Balaban J connectivity index is 1.80. The van der Waals surface area contributed by atoms with Crippen molar-refractivity contribution >= 4 is 17.5 Å². The third-order valence-corrected chi connectivity index (χ3v) is 5.39. The molecule has 0 bridgehead atoms. The van der Waals surface area contributed by atoms with Gasteiger partial charge in [-0.25, -0.2) is 0 Å². The Bertz CT molecular complexity index is 881. The molecule has 0 radical (unpaired) electrons. The average Bonchev–Trinajstić information content (AvgIpc) is 2.78. The van der Waals surface area contributed by atoms with E-state index in [1.807, 2.05) is 4.90 Å². The van der Waals surface area contributed by atoms with Gasteiger partial charge in [-0.15, -0.1) is 0 Å². The summed E-state index contributed by atoms with van der Waals surface area (Å²) in [5.74, 6) is 0.827. The van der Waals surface area contributed by atoms with Gasteiger partial charge in [-0.1, -0.05) is 13.0 Å². The van der Waals surface area contributed by atoms with E-state index < -0.39 is 0 Å². The van der Waals surface area contributed by atoms with Crippen molar-refractivity contribution in [1.82, 2.24) is 4.90 Å². The van der Waals surface area contributed by atoms with Crippen molar-refractivity contribution in [1.29, 1.82) is 0 Å². The first-order chi connectivity index (χ1) is 14.1. The summed E-state index contributed by atoms with van der Waals surface area (Å²) in [6.45, 7) is 2.89. The second-order valence-corrected chi connectivity index (χ2v) is 7.16. The number of hydrogen-bond acceptors (Lipinski definition) is 4. The number of ether oxygens (including phenoxy) is 2. The smallest absolute Gasteiger partial charge is 0.255 e. The SMILES string of the molecule is CCC1CCCCN1C(=O)c1cccc(C(=O)Nc2cc(OC)ccc2OC)c1. The van der Waals surface area contributed by atoms with E-state index in [1.54, 1.807) is 56.7 Å². The van der Waals surface area contributed by atoms with Gasteiger partial charge in [0.05, 0.1) is 19.9 Å². The zero-order valence-corrected chi connectivity index (χ0v) is 17.2. The summed E-state index contributed by atoms with van der Waals surface area (Å²) in [7, 11) is 3.10. The molecule has 3 rings (SSSR count). The lowest BCUT2D eigenvalue weighted by Gasteiger charge is -2.35. The predicted octanol–water partition coefficient (Wildman–Crippen LogP) is 4.36. The van der Waals surface area contributed by atoms with E-state index in [1.165, 1.54) is 0 Å². The lowest BCUT2D eigenvalue weighted by molar-refractivity contribution is 0.0608. The van der Waals surface area contributed by atoms with Crippen LogP contribution in [0.25, 0.3) is 0 Å². The van der Waals surface area contributed by atoms with Crippen LogP contribution in [0.15, 0.2) is 42.5 Å². The number of methoxy groups -OCH3 is 2. The van der Waals surface area contributed by atoms with E-state index >= 15 is 0 Å². The Morgan fingerprint density at radius 3 is 2.59 bits per heavy atom. The van der Waals surface area contributed by atoms with Crippen molar-refractivity contribution in [2.24, 2.45) is 0 Å². The molecular formula is C23H28N2O4. The molecule has 154 valence electrons. The lowest BCUT2D eigenvalue weighted by Crippen LogP contribution is -2.43. The maximum atomic E-state index is 13.0. The van der Waals surface area contributed by atoms with Gasteiger partial charge in [-0.2, -0.15) is 0 Å². The van der Waals surface area contributed by atoms with Crippen LogP contribution in [0.5, 0.6) is 11.5 Å². The number of rotatable bonds is 6. The number of piperidine rings is 1. The molecule has 0 aromatic heterocycles. The number of hydrogen-bond donors (Lipinski definition) is 1. The van der Waals surface area contributed by atoms with Crippen LogP contribution >= 0.6 is 0 Å². The van der Waals surface area contributed by atoms with Crippen LogP contribution in [0, 0.1) is 0 Å². The summed E-state index contributed by atoms with van der Waals surface area (Å²) in [6, 6.07) is 12.3. The second kappa shape index (κ2) is 9.45. The third kappa shape index (κ3) is 4.70. The Hall–Kier alpha value is -3.02. The highest BCUT2D eigenvalue weighted by Gasteiger charge is 2.26. The number of benzene rings is 2. The molecule has 0 aliphatic carbocycles. The van der Waals surface area contributed by atoms with Crippen molar-refractivity contribution in [2.75, 3.05) is 26.1 Å². The van der Waals surface area contributed by atoms with Crippen LogP contribution in [0.3, 0.4) is 0 Å². The molecular weight excluding hydrogens is 368 g/mol. The fraction of sp³-hybridized carbons (Fsp3) is 0.391. The minimum absolute atomic E-state index is 0.00911. The highest BCUT2D eigenvalue weighted by Crippen LogP contribution is 2.29. The van der Waals surface area contributed by atoms with E-state index in [-0.39, 0.29) is 17.9 Å². The van der Waals surface area contributed by atoms with Crippen molar-refractivity contribution in [3.8, 4) is 11.5 Å². The van der Waals surface area contributed by atoms with Crippen LogP contribution in [0.1, 0.15) is 53.3 Å². The monoisotopic (exact) mass is 396 g/mol. The molecule has 2 aromatic carbocycles. The fourth-order valence-corrected chi connectivity index (χ4v) is 3.76. The van der Waals surface area contributed by atoms with E-state index in [0.717, 1.165) is 32.2 Å². The molecule has 6 heteroatoms. The number of carbonyl (C=O) groups excluding carboxylic acids is 2. The molecule has 29 heavy (non-hydrogen) atoms.